The van der Waals surface area contributed by atoms with E-state index in [9.17, 15) is 9.59 Å². The molecule has 138 valence electrons. The first-order valence-corrected chi connectivity index (χ1v) is 9.04. The van der Waals surface area contributed by atoms with Gasteiger partial charge in [-0.25, -0.2) is 0 Å². The van der Waals surface area contributed by atoms with E-state index in [1.165, 1.54) is 6.26 Å². The van der Waals surface area contributed by atoms with Gasteiger partial charge in [-0.1, -0.05) is 0 Å². The van der Waals surface area contributed by atoms with Gasteiger partial charge >= 0.3 is 0 Å². The molecule has 1 saturated carbocycles. The monoisotopic (exact) mass is 367 g/mol. The molecule has 0 bridgehead atoms. The Morgan fingerprint density at radius 3 is 2.72 bits per heavy atom. The second-order valence-electron chi connectivity index (χ2n) is 7.40. The van der Waals surface area contributed by atoms with Crippen LogP contribution in [0.15, 0.2) is 22.8 Å². The third-order valence-electron chi connectivity index (χ3n) is 6.00. The van der Waals surface area contributed by atoms with E-state index in [1.807, 2.05) is 4.90 Å². The van der Waals surface area contributed by atoms with Gasteiger partial charge in [-0.05, 0) is 56.1 Å². The average Bonchev–Trinajstić information content (AvgIpc) is 3.32. The predicted molar refractivity (Wildman–Crippen MR) is 95.4 cm³/mol. The van der Waals surface area contributed by atoms with E-state index >= 15 is 0 Å². The fraction of sp³-hybridized carbons (Fsp3) is 0.667. The van der Waals surface area contributed by atoms with Crippen molar-refractivity contribution < 1.29 is 14.0 Å². The normalized spacial score (nSPS) is 31.6. The maximum Gasteiger partial charge on any atom is 0.290 e. The van der Waals surface area contributed by atoms with Crippen molar-refractivity contribution in [2.75, 3.05) is 19.6 Å². The highest BCUT2D eigenvalue weighted by atomic mass is 35.5. The molecule has 3 heterocycles. The summed E-state index contributed by atoms with van der Waals surface area (Å²) in [6, 6.07) is 3.24. The summed E-state index contributed by atoms with van der Waals surface area (Å²) < 4.78 is 5.24. The second kappa shape index (κ2) is 7.38. The van der Waals surface area contributed by atoms with Crippen molar-refractivity contribution in [3.05, 3.63) is 24.2 Å². The van der Waals surface area contributed by atoms with E-state index < -0.39 is 0 Å². The quantitative estimate of drug-likeness (QED) is 0.865. The van der Waals surface area contributed by atoms with Crippen molar-refractivity contribution in [3.63, 3.8) is 0 Å². The van der Waals surface area contributed by atoms with Crippen molar-refractivity contribution in [1.29, 1.82) is 0 Å². The van der Waals surface area contributed by atoms with Crippen LogP contribution in [0, 0.1) is 11.8 Å². The fourth-order valence-electron chi connectivity index (χ4n) is 4.67. The van der Waals surface area contributed by atoms with Gasteiger partial charge < -0.3 is 20.0 Å². The van der Waals surface area contributed by atoms with Gasteiger partial charge in [0.15, 0.2) is 5.76 Å². The number of hydrogen-bond acceptors (Lipinski definition) is 4. The van der Waals surface area contributed by atoms with E-state index in [1.54, 1.807) is 17.0 Å². The van der Waals surface area contributed by atoms with Crippen LogP contribution >= 0.6 is 12.4 Å². The molecule has 0 spiro atoms. The lowest BCUT2D eigenvalue weighted by atomic mass is 9.98. The Bertz CT molecular complexity index is 621. The van der Waals surface area contributed by atoms with Gasteiger partial charge in [0.1, 0.15) is 6.04 Å². The van der Waals surface area contributed by atoms with E-state index in [0.29, 0.717) is 24.1 Å². The molecule has 1 aromatic rings. The molecule has 7 heteroatoms. The number of rotatable bonds is 2. The number of halogens is 1. The molecule has 2 N–H and O–H groups in total. The van der Waals surface area contributed by atoms with Crippen molar-refractivity contribution in [2.24, 2.45) is 17.6 Å². The highest BCUT2D eigenvalue weighted by Crippen LogP contribution is 2.38. The molecular weight excluding hydrogens is 342 g/mol. The van der Waals surface area contributed by atoms with Gasteiger partial charge in [0.2, 0.25) is 5.91 Å². The van der Waals surface area contributed by atoms with Gasteiger partial charge in [-0.3, -0.25) is 9.59 Å². The molecule has 2 saturated heterocycles. The van der Waals surface area contributed by atoms with Crippen LogP contribution in [-0.4, -0.2) is 53.3 Å². The van der Waals surface area contributed by atoms with Crippen LogP contribution in [0.3, 0.4) is 0 Å². The Balaban J connectivity index is 0.00000182. The molecule has 0 aromatic carbocycles. The Hall–Kier alpha value is -1.53. The first-order valence-electron chi connectivity index (χ1n) is 9.04. The molecule has 25 heavy (non-hydrogen) atoms. The number of hydrogen-bond donors (Lipinski definition) is 1. The summed E-state index contributed by atoms with van der Waals surface area (Å²) in [4.78, 5) is 29.4. The molecule has 2 amide bonds. The molecule has 6 nitrogen and oxygen atoms in total. The van der Waals surface area contributed by atoms with Crippen LogP contribution in [-0.2, 0) is 4.79 Å². The number of carbonyl (C=O) groups excluding carboxylic acids is 2. The molecule has 1 aliphatic carbocycles. The summed E-state index contributed by atoms with van der Waals surface area (Å²) >= 11 is 0. The number of fused-ring (bicyclic) bond motifs is 1. The first kappa shape index (κ1) is 18.3. The third kappa shape index (κ3) is 3.29. The topological polar surface area (TPSA) is 79.8 Å². The average molecular weight is 368 g/mol. The summed E-state index contributed by atoms with van der Waals surface area (Å²) in [5.41, 5.74) is 6.19. The van der Waals surface area contributed by atoms with Crippen LogP contribution in [0.1, 0.15) is 42.7 Å². The predicted octanol–water partition coefficient (Wildman–Crippen LogP) is 1.89. The summed E-state index contributed by atoms with van der Waals surface area (Å²) in [5, 5.41) is 0. The number of nitrogens with two attached hydrogens (primary N) is 1. The zero-order valence-electron chi connectivity index (χ0n) is 14.3. The molecule has 3 fully saturated rings. The Labute approximate surface area is 154 Å². The Morgan fingerprint density at radius 2 is 2.00 bits per heavy atom. The molecule has 4 unspecified atom stereocenters. The molecule has 1 aromatic heterocycles. The number of nitrogens with zero attached hydrogens (tertiary/aromatic N) is 2. The smallest absolute Gasteiger partial charge is 0.290 e. The van der Waals surface area contributed by atoms with Gasteiger partial charge in [-0.2, -0.15) is 0 Å². The van der Waals surface area contributed by atoms with E-state index in [4.69, 9.17) is 10.2 Å². The van der Waals surface area contributed by atoms with E-state index in [0.717, 1.165) is 45.2 Å². The number of carbonyl (C=O) groups is 2. The first-order chi connectivity index (χ1) is 11.6. The molecular formula is C18H26ClN3O3. The molecule has 2 aliphatic heterocycles. The van der Waals surface area contributed by atoms with Gasteiger partial charge in [-0.15, -0.1) is 12.4 Å². The van der Waals surface area contributed by atoms with Crippen LogP contribution in [0.5, 0.6) is 0 Å². The van der Waals surface area contributed by atoms with Crippen LogP contribution < -0.4 is 5.73 Å². The number of amides is 2. The molecule has 0 radical (unpaired) electrons. The molecule has 4 atom stereocenters. The Kier molecular flexibility index (Phi) is 5.39. The van der Waals surface area contributed by atoms with Crippen molar-refractivity contribution in [1.82, 2.24) is 9.80 Å². The van der Waals surface area contributed by atoms with E-state index in [2.05, 4.69) is 0 Å². The molecule has 3 aliphatic rings. The summed E-state index contributed by atoms with van der Waals surface area (Å²) in [6.45, 7) is 2.18. The second-order valence-corrected chi connectivity index (χ2v) is 7.40. The van der Waals surface area contributed by atoms with Crippen molar-refractivity contribution >= 4 is 24.2 Å². The maximum atomic E-state index is 13.1. The third-order valence-corrected chi connectivity index (χ3v) is 6.00. The summed E-state index contributed by atoms with van der Waals surface area (Å²) in [6.07, 6.45) is 6.35. The van der Waals surface area contributed by atoms with Crippen molar-refractivity contribution in [3.8, 4) is 0 Å². The van der Waals surface area contributed by atoms with Gasteiger partial charge in [0.25, 0.3) is 5.91 Å². The number of furan rings is 1. The zero-order chi connectivity index (χ0) is 16.7. The van der Waals surface area contributed by atoms with Crippen LogP contribution in [0.25, 0.3) is 0 Å². The minimum absolute atomic E-state index is 0. The number of likely N-dealkylation sites (tertiary alicyclic amines) is 2. The standard InChI is InChI=1S/C18H25N3O3.ClH/c19-14-7-6-12-10-20(11-13(12)14)17(22)15-4-1-2-8-21(15)18(23)16-5-3-9-24-16;/h3,5,9,12-15H,1-2,4,6-8,10-11,19H2;1H. The van der Waals surface area contributed by atoms with E-state index in [-0.39, 0.29) is 36.3 Å². The zero-order valence-corrected chi connectivity index (χ0v) is 15.1. The highest BCUT2D eigenvalue weighted by molar-refractivity contribution is 5.95. The summed E-state index contributed by atoms with van der Waals surface area (Å²) in [7, 11) is 0. The SMILES string of the molecule is Cl.NC1CCC2CN(C(=O)C3CCCCN3C(=O)c3ccco3)CC12. The van der Waals surface area contributed by atoms with Crippen LogP contribution in [0.2, 0.25) is 0 Å². The molecule has 4 rings (SSSR count). The largest absolute Gasteiger partial charge is 0.459 e. The highest BCUT2D eigenvalue weighted by Gasteiger charge is 2.45. The lowest BCUT2D eigenvalue weighted by molar-refractivity contribution is -0.136. The Morgan fingerprint density at radius 1 is 1.16 bits per heavy atom. The summed E-state index contributed by atoms with van der Waals surface area (Å²) in [5.74, 6) is 1.22. The maximum absolute atomic E-state index is 13.1. The number of piperidine rings is 1. The van der Waals surface area contributed by atoms with Crippen molar-refractivity contribution in [2.45, 2.75) is 44.2 Å². The lowest BCUT2D eigenvalue weighted by Crippen LogP contribution is -2.53. The fourth-order valence-corrected chi connectivity index (χ4v) is 4.67. The van der Waals surface area contributed by atoms with Gasteiger partial charge in [0, 0.05) is 25.7 Å². The minimum Gasteiger partial charge on any atom is -0.459 e. The lowest BCUT2D eigenvalue weighted by Gasteiger charge is -2.36. The van der Waals surface area contributed by atoms with Crippen LogP contribution in [0.4, 0.5) is 0 Å². The minimum atomic E-state index is -0.355. The van der Waals surface area contributed by atoms with Gasteiger partial charge in [0.05, 0.1) is 6.26 Å².